The summed E-state index contributed by atoms with van der Waals surface area (Å²) in [4.78, 5) is 24.7. The maximum absolute atomic E-state index is 13.0. The van der Waals surface area contributed by atoms with Crippen molar-refractivity contribution in [3.05, 3.63) is 41.7 Å². The van der Waals surface area contributed by atoms with Crippen LogP contribution >= 0.6 is 0 Å². The largest absolute Gasteiger partial charge is 0.352 e. The molecule has 0 radical (unpaired) electrons. The Bertz CT molecular complexity index is 538. The Labute approximate surface area is 117 Å². The molecule has 2 rings (SSSR count). The molecule has 0 aliphatic heterocycles. The Hall–Kier alpha value is -2.17. The number of carbonyl (C=O) groups is 2. The monoisotopic (exact) mass is 276 g/mol. The fourth-order valence-corrected chi connectivity index (χ4v) is 1.70. The van der Waals surface area contributed by atoms with Gasteiger partial charge < -0.3 is 10.2 Å². The maximum Gasteiger partial charge on any atom is 0.246 e. The SMILES string of the molecule is CN(CC(=O)NC1CC1)C(=O)/C=C/c1cccc(F)c1. The molecule has 0 spiro atoms. The van der Waals surface area contributed by atoms with E-state index in [1.807, 2.05) is 0 Å². The van der Waals surface area contributed by atoms with Gasteiger partial charge in [-0.25, -0.2) is 4.39 Å². The second-order valence-corrected chi connectivity index (χ2v) is 4.92. The predicted octanol–water partition coefficient (Wildman–Crippen LogP) is 1.58. The fourth-order valence-electron chi connectivity index (χ4n) is 1.70. The molecule has 20 heavy (non-hydrogen) atoms. The standard InChI is InChI=1S/C15H17FN2O2/c1-18(10-14(19)17-13-6-7-13)15(20)8-5-11-3-2-4-12(16)9-11/h2-5,8-9,13H,6-7,10H2,1H3,(H,17,19)/b8-5+. The zero-order valence-corrected chi connectivity index (χ0v) is 11.3. The molecule has 2 amide bonds. The minimum atomic E-state index is -0.350. The van der Waals surface area contributed by atoms with Crippen LogP contribution in [-0.4, -0.2) is 36.3 Å². The molecule has 0 heterocycles. The van der Waals surface area contributed by atoms with E-state index in [1.54, 1.807) is 19.2 Å². The van der Waals surface area contributed by atoms with Crippen LogP contribution in [0.5, 0.6) is 0 Å². The molecule has 1 fully saturated rings. The van der Waals surface area contributed by atoms with Crippen LogP contribution in [0.2, 0.25) is 0 Å². The summed E-state index contributed by atoms with van der Waals surface area (Å²) in [6.07, 6.45) is 4.89. The second kappa shape index (κ2) is 6.32. The van der Waals surface area contributed by atoms with Crippen LogP contribution in [0.15, 0.2) is 30.3 Å². The van der Waals surface area contributed by atoms with Gasteiger partial charge in [0.1, 0.15) is 5.82 Å². The average Bonchev–Trinajstić information content (AvgIpc) is 3.19. The molecule has 1 saturated carbocycles. The highest BCUT2D eigenvalue weighted by Gasteiger charge is 2.23. The molecule has 0 aromatic heterocycles. The first kappa shape index (κ1) is 14.2. The van der Waals surface area contributed by atoms with Gasteiger partial charge in [0.05, 0.1) is 6.54 Å². The average molecular weight is 276 g/mol. The van der Waals surface area contributed by atoms with Gasteiger partial charge in [-0.3, -0.25) is 9.59 Å². The number of amides is 2. The van der Waals surface area contributed by atoms with E-state index < -0.39 is 0 Å². The van der Waals surface area contributed by atoms with Gasteiger partial charge in [0.2, 0.25) is 11.8 Å². The zero-order chi connectivity index (χ0) is 14.5. The molecule has 1 aliphatic rings. The van der Waals surface area contributed by atoms with Crippen LogP contribution in [-0.2, 0) is 9.59 Å². The molecule has 5 heteroatoms. The maximum atomic E-state index is 13.0. The molecule has 1 N–H and O–H groups in total. The van der Waals surface area contributed by atoms with Gasteiger partial charge >= 0.3 is 0 Å². The topological polar surface area (TPSA) is 49.4 Å². The third kappa shape index (κ3) is 4.50. The molecule has 1 aliphatic carbocycles. The lowest BCUT2D eigenvalue weighted by Crippen LogP contribution is -2.38. The Balaban J connectivity index is 1.84. The van der Waals surface area contributed by atoms with Crippen molar-refractivity contribution in [1.82, 2.24) is 10.2 Å². The van der Waals surface area contributed by atoms with E-state index in [2.05, 4.69) is 5.32 Å². The van der Waals surface area contributed by atoms with Gasteiger partial charge in [-0.05, 0) is 36.6 Å². The van der Waals surface area contributed by atoms with Crippen molar-refractivity contribution >= 4 is 17.9 Å². The van der Waals surface area contributed by atoms with Gasteiger partial charge in [0, 0.05) is 19.2 Å². The van der Waals surface area contributed by atoms with Crippen molar-refractivity contribution in [2.75, 3.05) is 13.6 Å². The first-order chi connectivity index (χ1) is 9.54. The normalized spacial score (nSPS) is 14.3. The van der Waals surface area contributed by atoms with Gasteiger partial charge in [-0.2, -0.15) is 0 Å². The minimum Gasteiger partial charge on any atom is -0.352 e. The highest BCUT2D eigenvalue weighted by Crippen LogP contribution is 2.18. The summed E-state index contributed by atoms with van der Waals surface area (Å²) in [5, 5.41) is 2.81. The van der Waals surface area contributed by atoms with Crippen molar-refractivity contribution in [3.63, 3.8) is 0 Å². The number of benzene rings is 1. The van der Waals surface area contributed by atoms with Gasteiger partial charge in [0.25, 0.3) is 0 Å². The van der Waals surface area contributed by atoms with E-state index in [9.17, 15) is 14.0 Å². The number of hydrogen-bond acceptors (Lipinski definition) is 2. The predicted molar refractivity (Wildman–Crippen MR) is 74.2 cm³/mol. The van der Waals surface area contributed by atoms with Crippen LogP contribution < -0.4 is 5.32 Å². The smallest absolute Gasteiger partial charge is 0.246 e. The molecule has 1 aromatic rings. The van der Waals surface area contributed by atoms with Crippen LogP contribution in [0, 0.1) is 5.82 Å². The second-order valence-electron chi connectivity index (χ2n) is 4.92. The zero-order valence-electron chi connectivity index (χ0n) is 11.3. The number of nitrogens with one attached hydrogen (secondary N) is 1. The van der Waals surface area contributed by atoms with Crippen LogP contribution in [0.1, 0.15) is 18.4 Å². The Morgan fingerprint density at radius 1 is 1.45 bits per heavy atom. The fraction of sp³-hybridized carbons (Fsp3) is 0.333. The number of rotatable bonds is 5. The van der Waals surface area contributed by atoms with Crippen molar-refractivity contribution in [2.24, 2.45) is 0 Å². The molecule has 0 saturated heterocycles. The molecule has 1 aromatic carbocycles. The molecular weight excluding hydrogens is 259 g/mol. The Morgan fingerprint density at radius 2 is 2.20 bits per heavy atom. The lowest BCUT2D eigenvalue weighted by atomic mass is 10.2. The molecule has 0 bridgehead atoms. The third-order valence-corrected chi connectivity index (χ3v) is 2.97. The van der Waals surface area contributed by atoms with Crippen molar-refractivity contribution in [3.8, 4) is 0 Å². The molecule has 0 unspecified atom stereocenters. The third-order valence-electron chi connectivity index (χ3n) is 2.97. The van der Waals surface area contributed by atoms with E-state index in [-0.39, 0.29) is 30.2 Å². The minimum absolute atomic E-state index is 0.0306. The first-order valence-electron chi connectivity index (χ1n) is 6.53. The highest BCUT2D eigenvalue weighted by molar-refractivity contribution is 5.94. The number of halogens is 1. The summed E-state index contributed by atoms with van der Waals surface area (Å²) < 4.78 is 13.0. The van der Waals surface area contributed by atoms with Gasteiger partial charge in [-0.1, -0.05) is 12.1 Å². The van der Waals surface area contributed by atoms with E-state index in [4.69, 9.17) is 0 Å². The lowest BCUT2D eigenvalue weighted by Gasteiger charge is -2.14. The Kier molecular flexibility index (Phi) is 4.50. The molecule has 0 atom stereocenters. The van der Waals surface area contributed by atoms with Crippen molar-refractivity contribution < 1.29 is 14.0 Å². The molecular formula is C15H17FN2O2. The van der Waals surface area contributed by atoms with Crippen LogP contribution in [0.4, 0.5) is 4.39 Å². The summed E-state index contributed by atoms with van der Waals surface area (Å²) in [5.74, 6) is -0.792. The van der Waals surface area contributed by atoms with E-state index in [0.717, 1.165) is 12.8 Å². The molecule has 106 valence electrons. The summed E-state index contributed by atoms with van der Waals surface area (Å²) in [6.45, 7) is 0.0306. The Morgan fingerprint density at radius 3 is 2.85 bits per heavy atom. The van der Waals surface area contributed by atoms with E-state index in [0.29, 0.717) is 5.56 Å². The van der Waals surface area contributed by atoms with E-state index >= 15 is 0 Å². The van der Waals surface area contributed by atoms with Gasteiger partial charge in [0.15, 0.2) is 0 Å². The summed E-state index contributed by atoms with van der Waals surface area (Å²) in [6, 6.07) is 6.24. The van der Waals surface area contributed by atoms with Crippen molar-refractivity contribution in [1.29, 1.82) is 0 Å². The number of nitrogens with zero attached hydrogens (tertiary/aromatic N) is 1. The van der Waals surface area contributed by atoms with Crippen molar-refractivity contribution in [2.45, 2.75) is 18.9 Å². The highest BCUT2D eigenvalue weighted by atomic mass is 19.1. The molecule has 4 nitrogen and oxygen atoms in total. The lowest BCUT2D eigenvalue weighted by molar-refractivity contribution is -0.131. The van der Waals surface area contributed by atoms with E-state index in [1.165, 1.54) is 29.2 Å². The van der Waals surface area contributed by atoms with Crippen LogP contribution in [0.3, 0.4) is 0 Å². The number of hydrogen-bond donors (Lipinski definition) is 1. The summed E-state index contributed by atoms with van der Waals surface area (Å²) >= 11 is 0. The number of likely N-dealkylation sites (N-methyl/N-ethyl adjacent to an activating group) is 1. The summed E-state index contributed by atoms with van der Waals surface area (Å²) in [7, 11) is 1.56. The number of carbonyl (C=O) groups excluding carboxylic acids is 2. The van der Waals surface area contributed by atoms with Gasteiger partial charge in [-0.15, -0.1) is 0 Å². The van der Waals surface area contributed by atoms with Crippen LogP contribution in [0.25, 0.3) is 6.08 Å². The first-order valence-corrected chi connectivity index (χ1v) is 6.53. The quantitative estimate of drug-likeness (QED) is 0.830. The summed E-state index contributed by atoms with van der Waals surface area (Å²) in [5.41, 5.74) is 0.606.